The van der Waals surface area contributed by atoms with E-state index in [1.165, 1.54) is 20.3 Å². The van der Waals surface area contributed by atoms with E-state index in [2.05, 4.69) is 24.1 Å². The fraction of sp³-hybridized carbons (Fsp3) is 0.395. The standard InChI is InChI=1S/C38H47N2O7/c1-23(2)12-32-27(7-9-34(43)38(32)47-5)18-29(13-25-10-11-40-22-25)35(44)20-36(45)31(16-24-6-8-33(42)37(17-24)46-4)28-14-26(21-39-3)15-30(41)19-28/h6-11,14-15,17,19,22-23,29,31,35,39,41-44H,12-13,16,18,20-21H2,1-5H3/q-1. The molecule has 0 aliphatic heterocycles. The summed E-state index contributed by atoms with van der Waals surface area (Å²) < 4.78 is 10.9. The Morgan fingerprint density at radius 3 is 2.28 bits per heavy atom. The van der Waals surface area contributed by atoms with E-state index in [0.717, 1.165) is 27.8 Å². The number of phenols is 3. The molecule has 9 nitrogen and oxygen atoms in total. The second-order valence-corrected chi connectivity index (χ2v) is 12.7. The Morgan fingerprint density at radius 1 is 0.851 bits per heavy atom. The van der Waals surface area contributed by atoms with E-state index in [1.54, 1.807) is 42.7 Å². The van der Waals surface area contributed by atoms with Crippen LogP contribution in [-0.4, -0.2) is 53.6 Å². The van der Waals surface area contributed by atoms with Gasteiger partial charge < -0.3 is 40.2 Å². The van der Waals surface area contributed by atoms with Gasteiger partial charge in [0, 0.05) is 24.4 Å². The van der Waals surface area contributed by atoms with E-state index < -0.39 is 12.0 Å². The number of ketones is 1. The van der Waals surface area contributed by atoms with Gasteiger partial charge in [-0.05, 0) is 97.2 Å². The number of nitrogens with one attached hydrogen (secondary N) is 1. The zero-order chi connectivity index (χ0) is 34.1. The predicted molar refractivity (Wildman–Crippen MR) is 181 cm³/mol. The van der Waals surface area contributed by atoms with Gasteiger partial charge in [-0.25, -0.2) is 0 Å². The second kappa shape index (κ2) is 16.4. The maximum atomic E-state index is 14.3. The number of aromatic hydroxyl groups is 3. The first-order chi connectivity index (χ1) is 22.5. The molecule has 0 fully saturated rings. The smallest absolute Gasteiger partial charge is 0.163 e. The Bertz CT molecular complexity index is 1620. The van der Waals surface area contributed by atoms with Gasteiger partial charge in [0.2, 0.25) is 0 Å². The predicted octanol–water partition coefficient (Wildman–Crippen LogP) is 5.44. The summed E-state index contributed by atoms with van der Waals surface area (Å²) >= 11 is 0. The van der Waals surface area contributed by atoms with Crippen molar-refractivity contribution in [1.82, 2.24) is 10.3 Å². The fourth-order valence-electron chi connectivity index (χ4n) is 6.30. The number of rotatable bonds is 17. The van der Waals surface area contributed by atoms with Crippen molar-refractivity contribution in [3.8, 4) is 28.7 Å². The average Bonchev–Trinajstić information content (AvgIpc) is 3.54. The van der Waals surface area contributed by atoms with Crippen LogP contribution in [0.4, 0.5) is 0 Å². The highest BCUT2D eigenvalue weighted by Crippen LogP contribution is 2.37. The van der Waals surface area contributed by atoms with Crippen LogP contribution in [0.25, 0.3) is 0 Å². The third-order valence-electron chi connectivity index (χ3n) is 8.56. The number of Topliss-reactive ketones (excluding diaryl/α,β-unsaturated/α-hetero) is 1. The van der Waals surface area contributed by atoms with Gasteiger partial charge in [0.25, 0.3) is 0 Å². The minimum absolute atomic E-state index is 0.00393. The normalized spacial score (nSPS) is 13.3. The van der Waals surface area contributed by atoms with Crippen molar-refractivity contribution in [2.75, 3.05) is 21.3 Å². The molecular formula is C38H47N2O7-. The lowest BCUT2D eigenvalue weighted by Gasteiger charge is -2.27. The third-order valence-corrected chi connectivity index (χ3v) is 8.56. The summed E-state index contributed by atoms with van der Waals surface area (Å²) in [6.07, 6.45) is 4.26. The van der Waals surface area contributed by atoms with Crippen LogP contribution in [0.3, 0.4) is 0 Å². The number of aliphatic hydroxyl groups excluding tert-OH is 1. The number of hydrogen-bond donors (Lipinski definition) is 5. The summed E-state index contributed by atoms with van der Waals surface area (Å²) in [5.74, 6) is -0.0751. The third kappa shape index (κ3) is 9.30. The second-order valence-electron chi connectivity index (χ2n) is 12.7. The molecule has 3 atom stereocenters. The van der Waals surface area contributed by atoms with E-state index in [-0.39, 0.29) is 41.8 Å². The summed E-state index contributed by atoms with van der Waals surface area (Å²) in [6, 6.07) is 15.5. The molecule has 0 bridgehead atoms. The van der Waals surface area contributed by atoms with Gasteiger partial charge in [-0.3, -0.25) is 4.79 Å². The summed E-state index contributed by atoms with van der Waals surface area (Å²) in [4.78, 5) is 18.5. The number of carbonyl (C=O) groups is 1. The lowest BCUT2D eigenvalue weighted by molar-refractivity contribution is -0.123. The molecule has 1 aromatic heterocycles. The molecule has 1 heterocycles. The quantitative estimate of drug-likeness (QED) is 0.102. The Morgan fingerprint density at radius 2 is 1.62 bits per heavy atom. The van der Waals surface area contributed by atoms with Crippen molar-refractivity contribution in [1.29, 1.82) is 0 Å². The Kier molecular flexibility index (Phi) is 12.3. The Balaban J connectivity index is 1.69. The minimum atomic E-state index is -1.00. The highest BCUT2D eigenvalue weighted by Gasteiger charge is 2.30. The van der Waals surface area contributed by atoms with Gasteiger partial charge in [-0.1, -0.05) is 43.7 Å². The fourth-order valence-corrected chi connectivity index (χ4v) is 6.30. The topological polar surface area (TPSA) is 143 Å². The van der Waals surface area contributed by atoms with E-state index >= 15 is 0 Å². The highest BCUT2D eigenvalue weighted by molar-refractivity contribution is 5.86. The van der Waals surface area contributed by atoms with Gasteiger partial charge in [0.1, 0.15) is 11.5 Å². The molecule has 0 aliphatic rings. The van der Waals surface area contributed by atoms with Gasteiger partial charge in [0.15, 0.2) is 23.0 Å². The molecule has 3 unspecified atom stereocenters. The summed E-state index contributed by atoms with van der Waals surface area (Å²) in [6.45, 7) is 4.70. The molecular weight excluding hydrogens is 596 g/mol. The van der Waals surface area contributed by atoms with E-state index in [4.69, 9.17) is 9.47 Å². The first kappa shape index (κ1) is 35.4. The van der Waals surface area contributed by atoms with Crippen LogP contribution in [0.2, 0.25) is 0 Å². The molecule has 252 valence electrons. The number of carbonyl (C=O) groups excluding carboxylic acids is 1. The van der Waals surface area contributed by atoms with Crippen molar-refractivity contribution in [3.63, 3.8) is 0 Å². The minimum Gasteiger partial charge on any atom is -0.670 e. The number of aliphatic hydroxyl groups is 1. The number of phenolic OH excluding ortho intramolecular Hbond substituents is 3. The molecule has 0 radical (unpaired) electrons. The average molecular weight is 644 g/mol. The Hall–Kier alpha value is -4.47. The van der Waals surface area contributed by atoms with Crippen LogP contribution in [0.15, 0.2) is 67.0 Å². The van der Waals surface area contributed by atoms with Crippen LogP contribution in [-0.2, 0) is 37.0 Å². The van der Waals surface area contributed by atoms with Gasteiger partial charge in [-0.2, -0.15) is 12.4 Å². The monoisotopic (exact) mass is 643 g/mol. The maximum Gasteiger partial charge on any atom is 0.163 e. The summed E-state index contributed by atoms with van der Waals surface area (Å²) in [5, 5.41) is 46.2. The molecule has 3 aromatic carbocycles. The van der Waals surface area contributed by atoms with E-state index in [9.17, 15) is 25.2 Å². The van der Waals surface area contributed by atoms with Crippen LogP contribution in [0, 0.1) is 11.8 Å². The SMILES string of the molecule is CNCc1cc(O)cc(C(Cc2ccc(O)c(OC)c2)C(=O)CC(O)C(Cc2cc[n-]c2)Cc2ccc(O)c(OC)c2CC(C)C)c1. The molecule has 47 heavy (non-hydrogen) atoms. The zero-order valence-electron chi connectivity index (χ0n) is 27.9. The van der Waals surface area contributed by atoms with Gasteiger partial charge in [0.05, 0.1) is 20.3 Å². The van der Waals surface area contributed by atoms with Gasteiger partial charge in [-0.15, -0.1) is 0 Å². The number of aromatic nitrogens is 1. The van der Waals surface area contributed by atoms with Crippen molar-refractivity contribution >= 4 is 5.78 Å². The first-order valence-corrected chi connectivity index (χ1v) is 16.0. The Labute approximate surface area is 277 Å². The molecule has 0 amide bonds. The van der Waals surface area contributed by atoms with Crippen molar-refractivity contribution < 1.29 is 34.7 Å². The van der Waals surface area contributed by atoms with Crippen LogP contribution in [0.1, 0.15) is 59.6 Å². The van der Waals surface area contributed by atoms with Gasteiger partial charge >= 0.3 is 0 Å². The molecule has 0 saturated carbocycles. The summed E-state index contributed by atoms with van der Waals surface area (Å²) in [5.41, 5.74) is 5.02. The van der Waals surface area contributed by atoms with E-state index in [1.807, 2.05) is 25.2 Å². The lowest BCUT2D eigenvalue weighted by atomic mass is 9.80. The number of nitrogens with zero attached hydrogens (tertiary/aromatic N) is 1. The van der Waals surface area contributed by atoms with Crippen LogP contribution < -0.4 is 19.8 Å². The van der Waals surface area contributed by atoms with Crippen molar-refractivity contribution in [3.05, 3.63) is 100 Å². The first-order valence-electron chi connectivity index (χ1n) is 16.0. The molecule has 0 spiro atoms. The number of methoxy groups -OCH3 is 2. The van der Waals surface area contributed by atoms with Crippen LogP contribution in [0.5, 0.6) is 28.7 Å². The highest BCUT2D eigenvalue weighted by atomic mass is 16.5. The number of hydrogen-bond acceptors (Lipinski definition) is 8. The molecule has 9 heteroatoms. The maximum absolute atomic E-state index is 14.3. The summed E-state index contributed by atoms with van der Waals surface area (Å²) in [7, 11) is 4.82. The zero-order valence-corrected chi connectivity index (χ0v) is 27.9. The van der Waals surface area contributed by atoms with E-state index in [0.29, 0.717) is 48.8 Å². The number of ether oxygens (including phenoxy) is 2. The molecule has 4 rings (SSSR count). The number of benzene rings is 3. The largest absolute Gasteiger partial charge is 0.670 e. The lowest BCUT2D eigenvalue weighted by Crippen LogP contribution is -2.30. The van der Waals surface area contributed by atoms with Crippen LogP contribution >= 0.6 is 0 Å². The molecule has 0 aliphatic carbocycles. The molecule has 0 saturated heterocycles. The molecule has 5 N–H and O–H groups in total. The molecule has 4 aromatic rings. The van der Waals surface area contributed by atoms with Crippen molar-refractivity contribution in [2.45, 2.75) is 64.5 Å². The van der Waals surface area contributed by atoms with Crippen molar-refractivity contribution in [2.24, 2.45) is 11.8 Å².